The Hall–Kier alpha value is -3.16. The first-order valence-electron chi connectivity index (χ1n) is 9.30. The van der Waals surface area contributed by atoms with E-state index in [1.807, 2.05) is 20.2 Å². The van der Waals surface area contributed by atoms with Crippen LogP contribution in [0.25, 0.3) is 11.1 Å². The van der Waals surface area contributed by atoms with Gasteiger partial charge in [0.25, 0.3) is 0 Å². The Balaban J connectivity index is 0.000000269. The monoisotopic (exact) mass is 425 g/mol. The first-order chi connectivity index (χ1) is 14.6. The zero-order valence-corrected chi connectivity index (χ0v) is 18.4. The molecule has 0 aliphatic heterocycles. The normalized spacial score (nSPS) is 9.73. The van der Waals surface area contributed by atoms with E-state index >= 15 is 0 Å². The van der Waals surface area contributed by atoms with E-state index in [0.29, 0.717) is 11.3 Å². The summed E-state index contributed by atoms with van der Waals surface area (Å²) < 4.78 is 13.0. The number of nitrogens with one attached hydrogen (secondary N) is 3. The molecule has 0 unspecified atom stereocenters. The third-order valence-corrected chi connectivity index (χ3v) is 4.73. The fourth-order valence-corrected chi connectivity index (χ4v) is 3.00. The SMILES string of the molecule is CNc1ccc(-c2ccc(NSOC)c(NC)c2)cc1.COc1cccc(C=O)c1. The van der Waals surface area contributed by atoms with Crippen LogP contribution < -0.4 is 20.1 Å². The molecule has 3 N–H and O–H groups in total. The molecule has 0 aliphatic carbocycles. The largest absolute Gasteiger partial charge is 0.497 e. The van der Waals surface area contributed by atoms with Gasteiger partial charge in [0.1, 0.15) is 24.3 Å². The number of rotatable bonds is 8. The van der Waals surface area contributed by atoms with Gasteiger partial charge in [0.15, 0.2) is 0 Å². The van der Waals surface area contributed by atoms with Gasteiger partial charge in [-0.2, -0.15) is 0 Å². The number of carbonyl (C=O) groups excluding carboxylic acids is 1. The van der Waals surface area contributed by atoms with E-state index in [2.05, 4.69) is 51.8 Å². The number of anilines is 3. The average Bonchev–Trinajstić information content (AvgIpc) is 2.83. The minimum atomic E-state index is 0.638. The molecule has 0 bridgehead atoms. The van der Waals surface area contributed by atoms with Gasteiger partial charge in [0, 0.05) is 25.3 Å². The maximum atomic E-state index is 10.2. The number of ether oxygens (including phenoxy) is 1. The second kappa shape index (κ2) is 12.4. The first kappa shape index (κ1) is 23.1. The van der Waals surface area contributed by atoms with Crippen molar-refractivity contribution in [3.63, 3.8) is 0 Å². The van der Waals surface area contributed by atoms with E-state index in [1.54, 1.807) is 38.5 Å². The van der Waals surface area contributed by atoms with Crippen molar-refractivity contribution in [2.45, 2.75) is 0 Å². The molecule has 0 heterocycles. The van der Waals surface area contributed by atoms with Gasteiger partial charge in [-0.15, -0.1) is 0 Å². The quantitative estimate of drug-likeness (QED) is 0.248. The van der Waals surface area contributed by atoms with Gasteiger partial charge in [-0.25, -0.2) is 0 Å². The second-order valence-electron chi connectivity index (χ2n) is 6.08. The molecule has 0 aliphatic rings. The van der Waals surface area contributed by atoms with Crippen LogP contribution in [0.4, 0.5) is 17.1 Å². The zero-order valence-electron chi connectivity index (χ0n) is 17.6. The number of methoxy groups -OCH3 is 1. The number of aldehydes is 1. The summed E-state index contributed by atoms with van der Waals surface area (Å²) in [4.78, 5) is 10.2. The van der Waals surface area contributed by atoms with Crippen LogP contribution in [0.5, 0.6) is 5.75 Å². The number of hydrogen-bond donors (Lipinski definition) is 3. The molecule has 158 valence electrons. The third-order valence-electron chi connectivity index (χ3n) is 4.26. The maximum Gasteiger partial charge on any atom is 0.150 e. The highest BCUT2D eigenvalue weighted by atomic mass is 32.2. The number of carbonyl (C=O) groups is 1. The van der Waals surface area contributed by atoms with Crippen molar-refractivity contribution >= 4 is 35.6 Å². The van der Waals surface area contributed by atoms with Gasteiger partial charge < -0.3 is 24.3 Å². The Labute approximate surface area is 182 Å². The summed E-state index contributed by atoms with van der Waals surface area (Å²) >= 11 is 1.20. The molecule has 0 aromatic heterocycles. The van der Waals surface area contributed by atoms with Crippen LogP contribution in [-0.2, 0) is 4.18 Å². The molecule has 0 amide bonds. The van der Waals surface area contributed by atoms with Gasteiger partial charge in [0.05, 0.1) is 25.6 Å². The lowest BCUT2D eigenvalue weighted by molar-refractivity contribution is 0.112. The summed E-state index contributed by atoms with van der Waals surface area (Å²) in [6.45, 7) is 0. The molecular formula is C23H27N3O3S. The van der Waals surface area contributed by atoms with E-state index in [9.17, 15) is 4.79 Å². The average molecular weight is 426 g/mol. The van der Waals surface area contributed by atoms with Crippen molar-refractivity contribution in [3.8, 4) is 16.9 Å². The summed E-state index contributed by atoms with van der Waals surface area (Å²) in [5.41, 5.74) is 6.13. The molecule has 30 heavy (non-hydrogen) atoms. The molecular weight excluding hydrogens is 398 g/mol. The van der Waals surface area contributed by atoms with Gasteiger partial charge in [-0.05, 0) is 47.5 Å². The summed E-state index contributed by atoms with van der Waals surface area (Å²) in [6.07, 6.45) is 0.794. The van der Waals surface area contributed by atoms with Gasteiger partial charge in [-0.1, -0.05) is 30.3 Å². The summed E-state index contributed by atoms with van der Waals surface area (Å²) in [7, 11) is 7.03. The van der Waals surface area contributed by atoms with Crippen LogP contribution in [-0.4, -0.2) is 34.6 Å². The van der Waals surface area contributed by atoms with Gasteiger partial charge in [-0.3, -0.25) is 4.79 Å². The van der Waals surface area contributed by atoms with Crippen molar-refractivity contribution in [1.82, 2.24) is 0 Å². The highest BCUT2D eigenvalue weighted by Gasteiger charge is 2.04. The highest BCUT2D eigenvalue weighted by Crippen LogP contribution is 2.30. The van der Waals surface area contributed by atoms with Crippen LogP contribution in [0, 0.1) is 0 Å². The minimum Gasteiger partial charge on any atom is -0.497 e. The predicted molar refractivity (Wildman–Crippen MR) is 128 cm³/mol. The van der Waals surface area contributed by atoms with Gasteiger partial charge in [0.2, 0.25) is 0 Å². The molecule has 0 saturated heterocycles. The molecule has 0 fully saturated rings. The minimum absolute atomic E-state index is 0.638. The molecule has 3 aromatic rings. The standard InChI is InChI=1S/C15H19N3OS.C8H8O2/c1-16-13-7-4-11(5-8-13)12-6-9-14(18-20-19-3)15(10-12)17-2;1-10-8-4-2-3-7(5-8)6-9/h4-10,16-18H,1-3H3;2-6H,1H3. The van der Waals surface area contributed by atoms with Crippen molar-refractivity contribution < 1.29 is 13.7 Å². The van der Waals surface area contributed by atoms with E-state index < -0.39 is 0 Å². The molecule has 7 heteroatoms. The van der Waals surface area contributed by atoms with Crippen LogP contribution in [0.2, 0.25) is 0 Å². The molecule has 0 radical (unpaired) electrons. The van der Waals surface area contributed by atoms with Crippen molar-refractivity contribution in [2.75, 3.05) is 43.7 Å². The smallest absolute Gasteiger partial charge is 0.150 e. The number of hydrogen-bond acceptors (Lipinski definition) is 7. The Morgan fingerprint density at radius 1 is 0.833 bits per heavy atom. The first-order valence-corrected chi connectivity index (χ1v) is 10.0. The topological polar surface area (TPSA) is 71.6 Å². The Kier molecular flexibility index (Phi) is 9.57. The Morgan fingerprint density at radius 3 is 2.17 bits per heavy atom. The molecule has 0 saturated carbocycles. The lowest BCUT2D eigenvalue weighted by Gasteiger charge is -2.12. The molecule has 3 aromatic carbocycles. The van der Waals surface area contributed by atoms with Crippen LogP contribution >= 0.6 is 12.2 Å². The van der Waals surface area contributed by atoms with E-state index in [-0.39, 0.29) is 0 Å². The highest BCUT2D eigenvalue weighted by molar-refractivity contribution is 7.96. The number of benzene rings is 3. The second-order valence-corrected chi connectivity index (χ2v) is 6.79. The fourth-order valence-electron chi connectivity index (χ4n) is 2.65. The van der Waals surface area contributed by atoms with Crippen LogP contribution in [0.3, 0.4) is 0 Å². The van der Waals surface area contributed by atoms with Crippen molar-refractivity contribution in [2.24, 2.45) is 0 Å². The summed E-state index contributed by atoms with van der Waals surface area (Å²) in [5.74, 6) is 0.713. The molecule has 6 nitrogen and oxygen atoms in total. The third kappa shape index (κ3) is 6.72. The van der Waals surface area contributed by atoms with Crippen molar-refractivity contribution in [1.29, 1.82) is 0 Å². The maximum absolute atomic E-state index is 10.2. The van der Waals surface area contributed by atoms with Crippen LogP contribution in [0.15, 0.2) is 66.7 Å². The van der Waals surface area contributed by atoms with E-state index in [0.717, 1.165) is 23.3 Å². The Bertz CT molecular complexity index is 933. The van der Waals surface area contributed by atoms with Gasteiger partial charge >= 0.3 is 0 Å². The Morgan fingerprint density at radius 2 is 1.57 bits per heavy atom. The summed E-state index contributed by atoms with van der Waals surface area (Å²) in [6, 6.07) is 21.6. The molecule has 0 spiro atoms. The fraction of sp³-hybridized carbons (Fsp3) is 0.174. The van der Waals surface area contributed by atoms with Crippen molar-refractivity contribution in [3.05, 3.63) is 72.3 Å². The van der Waals surface area contributed by atoms with Crippen LogP contribution in [0.1, 0.15) is 10.4 Å². The molecule has 3 rings (SSSR count). The molecule has 0 atom stereocenters. The predicted octanol–water partition coefficient (Wildman–Crippen LogP) is 5.57. The van der Waals surface area contributed by atoms with E-state index in [1.165, 1.54) is 23.4 Å². The van der Waals surface area contributed by atoms with E-state index in [4.69, 9.17) is 8.92 Å². The summed E-state index contributed by atoms with van der Waals surface area (Å²) in [5, 5.41) is 6.31. The lowest BCUT2D eigenvalue weighted by atomic mass is 10.0. The zero-order chi connectivity index (χ0) is 21.8. The lowest BCUT2D eigenvalue weighted by Crippen LogP contribution is -1.96.